The van der Waals surface area contributed by atoms with Crippen LogP contribution in [0.15, 0.2) is 0 Å². The Balaban J connectivity index is 2.85. The number of carboxylic acid groups (broad SMARTS) is 1. The topological polar surface area (TPSA) is 53.4 Å². The van der Waals surface area contributed by atoms with Gasteiger partial charge in [0.1, 0.15) is 0 Å². The maximum atomic E-state index is 10.9. The van der Waals surface area contributed by atoms with Crippen LogP contribution >= 0.6 is 22.9 Å². The minimum absolute atomic E-state index is 0.0705. The first kappa shape index (κ1) is 14.3. The van der Waals surface area contributed by atoms with E-state index in [1.54, 1.807) is 0 Å². The number of nitrogens with zero attached hydrogens (tertiary/aromatic N) is 2. The van der Waals surface area contributed by atoms with Gasteiger partial charge in [-0.25, -0.2) is 9.78 Å². The maximum Gasteiger partial charge on any atom is 0.349 e. The van der Waals surface area contributed by atoms with Crippen LogP contribution in [-0.4, -0.2) is 29.1 Å². The number of anilines is 1. The van der Waals surface area contributed by atoms with E-state index in [9.17, 15) is 4.79 Å². The third-order valence-electron chi connectivity index (χ3n) is 2.54. The maximum absolute atomic E-state index is 10.9. The lowest BCUT2D eigenvalue weighted by atomic mass is 10.0. The number of carbonyl (C=O) groups is 1. The molecule has 0 fully saturated rings. The number of aromatic nitrogens is 1. The summed E-state index contributed by atoms with van der Waals surface area (Å²) in [6.45, 7) is 6.40. The van der Waals surface area contributed by atoms with Crippen molar-refractivity contribution in [2.75, 3.05) is 11.9 Å². The normalized spacial score (nSPS) is 12.8. The Morgan fingerprint density at radius 1 is 1.53 bits per heavy atom. The minimum Gasteiger partial charge on any atom is -0.477 e. The Morgan fingerprint density at radius 2 is 2.12 bits per heavy atom. The average molecular weight is 277 g/mol. The standard InChI is InChI=1S/C11H17ClN2O2S/c1-6(2)5-7(3)14(4)11-13-9(12)8(17-11)10(15)16/h6-7H,5H2,1-4H3,(H,15,16). The number of hydrogen-bond donors (Lipinski definition) is 1. The van der Waals surface area contributed by atoms with Crippen LogP contribution in [0.3, 0.4) is 0 Å². The van der Waals surface area contributed by atoms with Gasteiger partial charge >= 0.3 is 5.97 Å². The van der Waals surface area contributed by atoms with Gasteiger partial charge in [0, 0.05) is 13.1 Å². The number of rotatable bonds is 5. The zero-order chi connectivity index (χ0) is 13.2. The largest absolute Gasteiger partial charge is 0.477 e. The second-order valence-corrected chi connectivity index (χ2v) is 5.85. The number of thiazole rings is 1. The highest BCUT2D eigenvalue weighted by atomic mass is 35.5. The molecule has 4 nitrogen and oxygen atoms in total. The fraction of sp³-hybridized carbons (Fsp3) is 0.636. The van der Waals surface area contributed by atoms with Crippen molar-refractivity contribution in [2.24, 2.45) is 5.92 Å². The summed E-state index contributed by atoms with van der Waals surface area (Å²) in [5.74, 6) is -0.439. The second-order valence-electron chi connectivity index (χ2n) is 4.51. The number of halogens is 1. The first-order valence-electron chi connectivity index (χ1n) is 5.45. The summed E-state index contributed by atoms with van der Waals surface area (Å²) in [5, 5.41) is 9.64. The predicted molar refractivity (Wildman–Crippen MR) is 71.4 cm³/mol. The Bertz CT molecular complexity index is 406. The Kier molecular flexibility index (Phi) is 4.77. The summed E-state index contributed by atoms with van der Waals surface area (Å²) in [6.07, 6.45) is 1.02. The van der Waals surface area contributed by atoms with Gasteiger partial charge in [-0.1, -0.05) is 36.8 Å². The van der Waals surface area contributed by atoms with Crippen molar-refractivity contribution in [3.8, 4) is 0 Å². The van der Waals surface area contributed by atoms with Gasteiger partial charge in [-0.05, 0) is 19.3 Å². The summed E-state index contributed by atoms with van der Waals surface area (Å²) >= 11 is 6.90. The molecule has 0 amide bonds. The third kappa shape index (κ3) is 3.57. The Morgan fingerprint density at radius 3 is 2.53 bits per heavy atom. The molecular formula is C11H17ClN2O2S. The molecule has 1 unspecified atom stereocenters. The van der Waals surface area contributed by atoms with E-state index in [0.717, 1.165) is 17.8 Å². The minimum atomic E-state index is -1.02. The fourth-order valence-electron chi connectivity index (χ4n) is 1.60. The third-order valence-corrected chi connectivity index (χ3v) is 4.06. The molecule has 0 spiro atoms. The van der Waals surface area contributed by atoms with Gasteiger partial charge in [-0.15, -0.1) is 0 Å². The predicted octanol–water partition coefficient (Wildman–Crippen LogP) is 3.37. The second kappa shape index (κ2) is 5.69. The average Bonchev–Trinajstić information content (AvgIpc) is 2.58. The monoisotopic (exact) mass is 276 g/mol. The molecule has 0 saturated carbocycles. The summed E-state index contributed by atoms with van der Waals surface area (Å²) in [4.78, 5) is 17.0. The highest BCUT2D eigenvalue weighted by molar-refractivity contribution is 7.18. The summed E-state index contributed by atoms with van der Waals surface area (Å²) < 4.78 is 0. The fourth-order valence-corrected chi connectivity index (χ4v) is 2.79. The Hall–Kier alpha value is -0.810. The van der Waals surface area contributed by atoms with Gasteiger partial charge in [-0.2, -0.15) is 0 Å². The molecular weight excluding hydrogens is 260 g/mol. The molecule has 0 aliphatic rings. The van der Waals surface area contributed by atoms with Crippen molar-refractivity contribution in [3.05, 3.63) is 10.0 Å². The highest BCUT2D eigenvalue weighted by Gasteiger charge is 2.20. The van der Waals surface area contributed by atoms with E-state index in [-0.39, 0.29) is 10.0 Å². The van der Waals surface area contributed by atoms with Gasteiger partial charge in [0.05, 0.1) is 0 Å². The lowest BCUT2D eigenvalue weighted by molar-refractivity contribution is 0.0702. The molecule has 1 heterocycles. The molecule has 1 aromatic heterocycles. The Labute approximate surface area is 110 Å². The molecule has 0 aliphatic carbocycles. The van der Waals surface area contributed by atoms with Gasteiger partial charge < -0.3 is 10.0 Å². The highest BCUT2D eigenvalue weighted by Crippen LogP contribution is 2.30. The van der Waals surface area contributed by atoms with Crippen LogP contribution in [0.4, 0.5) is 5.13 Å². The zero-order valence-electron chi connectivity index (χ0n) is 10.4. The number of hydrogen-bond acceptors (Lipinski definition) is 4. The summed E-state index contributed by atoms with van der Waals surface area (Å²) in [5.41, 5.74) is 0. The number of carboxylic acids is 1. The SMILES string of the molecule is CC(C)CC(C)N(C)c1nc(Cl)c(C(=O)O)s1. The van der Waals surface area contributed by atoms with Crippen LogP contribution in [0.1, 0.15) is 36.9 Å². The zero-order valence-corrected chi connectivity index (χ0v) is 12.0. The van der Waals surface area contributed by atoms with Crippen molar-refractivity contribution in [1.82, 2.24) is 4.98 Å². The molecule has 0 aromatic carbocycles. The van der Waals surface area contributed by atoms with Crippen LogP contribution in [0, 0.1) is 5.92 Å². The molecule has 0 radical (unpaired) electrons. The van der Waals surface area contributed by atoms with E-state index in [1.807, 2.05) is 11.9 Å². The van der Waals surface area contributed by atoms with Crippen molar-refractivity contribution in [2.45, 2.75) is 33.2 Å². The van der Waals surface area contributed by atoms with Gasteiger partial charge in [0.2, 0.25) is 0 Å². The van der Waals surface area contributed by atoms with E-state index < -0.39 is 5.97 Å². The van der Waals surface area contributed by atoms with E-state index in [0.29, 0.717) is 17.1 Å². The van der Waals surface area contributed by atoms with Crippen LogP contribution in [0.5, 0.6) is 0 Å². The molecule has 0 bridgehead atoms. The van der Waals surface area contributed by atoms with Crippen molar-refractivity contribution in [3.63, 3.8) is 0 Å². The van der Waals surface area contributed by atoms with Crippen molar-refractivity contribution in [1.29, 1.82) is 0 Å². The van der Waals surface area contributed by atoms with E-state index in [1.165, 1.54) is 0 Å². The molecule has 1 aromatic rings. The van der Waals surface area contributed by atoms with E-state index in [2.05, 4.69) is 25.8 Å². The van der Waals surface area contributed by atoms with E-state index >= 15 is 0 Å². The van der Waals surface area contributed by atoms with Gasteiger partial charge in [0.15, 0.2) is 15.2 Å². The summed E-state index contributed by atoms with van der Waals surface area (Å²) in [6, 6.07) is 0.305. The van der Waals surface area contributed by atoms with Crippen LogP contribution in [0.2, 0.25) is 5.15 Å². The molecule has 6 heteroatoms. The first-order chi connectivity index (χ1) is 7.82. The molecule has 17 heavy (non-hydrogen) atoms. The van der Waals surface area contributed by atoms with Crippen molar-refractivity contribution >= 4 is 34.0 Å². The quantitative estimate of drug-likeness (QED) is 0.896. The van der Waals surface area contributed by atoms with E-state index in [4.69, 9.17) is 16.7 Å². The molecule has 96 valence electrons. The van der Waals surface area contributed by atoms with Crippen LogP contribution in [0.25, 0.3) is 0 Å². The molecule has 0 saturated heterocycles. The molecule has 1 rings (SSSR count). The van der Waals surface area contributed by atoms with Crippen LogP contribution < -0.4 is 4.90 Å². The van der Waals surface area contributed by atoms with Crippen molar-refractivity contribution < 1.29 is 9.90 Å². The first-order valence-corrected chi connectivity index (χ1v) is 6.64. The van der Waals surface area contributed by atoms with Gasteiger partial charge in [-0.3, -0.25) is 0 Å². The van der Waals surface area contributed by atoms with Gasteiger partial charge in [0.25, 0.3) is 0 Å². The molecule has 1 N–H and O–H groups in total. The molecule has 1 atom stereocenters. The lowest BCUT2D eigenvalue weighted by Gasteiger charge is -2.25. The lowest BCUT2D eigenvalue weighted by Crippen LogP contribution is -2.29. The van der Waals surface area contributed by atoms with Crippen LogP contribution in [-0.2, 0) is 0 Å². The smallest absolute Gasteiger partial charge is 0.349 e. The summed E-state index contributed by atoms with van der Waals surface area (Å²) in [7, 11) is 1.91. The number of aromatic carboxylic acids is 1. The molecule has 0 aliphatic heterocycles.